The number of amides is 1. The van der Waals surface area contributed by atoms with Crippen LogP contribution >= 0.6 is 23.2 Å². The third-order valence-electron chi connectivity index (χ3n) is 5.20. The standard InChI is InChI=1S/C19H17Cl2N5O2/c20-10-4-5-11(13(21)8-10)14-12(9-22)17(27)23-16-15(14)18(28)25-19(24-16)26-6-2-1-3-7-26/h4-5,8,12,14H,1-3,6-7H2,(H2,23,24,25,27,28)/t12-,14+/m1/s1. The Morgan fingerprint density at radius 1 is 1.18 bits per heavy atom. The molecule has 9 heteroatoms. The van der Waals surface area contributed by atoms with Crippen molar-refractivity contribution in [2.24, 2.45) is 5.92 Å². The number of piperidine rings is 1. The van der Waals surface area contributed by atoms with Gasteiger partial charge in [0, 0.05) is 29.1 Å². The van der Waals surface area contributed by atoms with E-state index in [-0.39, 0.29) is 22.0 Å². The van der Waals surface area contributed by atoms with Crippen molar-refractivity contribution in [2.45, 2.75) is 25.2 Å². The van der Waals surface area contributed by atoms with Gasteiger partial charge in [0.25, 0.3) is 5.56 Å². The highest BCUT2D eigenvalue weighted by Crippen LogP contribution is 2.41. The van der Waals surface area contributed by atoms with E-state index in [9.17, 15) is 14.9 Å². The number of carbonyl (C=O) groups is 1. The molecule has 28 heavy (non-hydrogen) atoms. The molecule has 1 saturated heterocycles. The SMILES string of the molecule is N#C[C@H]1C(=O)Nc2nc(N3CCCCC3)[nH]c(=O)c2[C@H]1c1ccc(Cl)cc1Cl. The number of anilines is 2. The molecule has 4 rings (SSSR count). The first-order valence-electron chi connectivity index (χ1n) is 9.04. The normalized spacial score (nSPS) is 21.6. The van der Waals surface area contributed by atoms with Gasteiger partial charge >= 0.3 is 0 Å². The van der Waals surface area contributed by atoms with E-state index in [2.05, 4.69) is 15.3 Å². The quantitative estimate of drug-likeness (QED) is 0.780. The van der Waals surface area contributed by atoms with Crippen LogP contribution in [-0.4, -0.2) is 29.0 Å². The number of H-pyrrole nitrogens is 1. The first kappa shape index (κ1) is 18.8. The lowest BCUT2D eigenvalue weighted by atomic mass is 9.79. The number of hydrogen-bond acceptors (Lipinski definition) is 5. The van der Waals surface area contributed by atoms with Gasteiger partial charge < -0.3 is 10.2 Å². The molecule has 3 heterocycles. The number of nitrogens with zero attached hydrogens (tertiary/aromatic N) is 3. The van der Waals surface area contributed by atoms with Crippen LogP contribution in [0.1, 0.15) is 36.3 Å². The Morgan fingerprint density at radius 2 is 1.93 bits per heavy atom. The van der Waals surface area contributed by atoms with Crippen LogP contribution in [0, 0.1) is 17.2 Å². The third kappa shape index (κ3) is 3.23. The maximum Gasteiger partial charge on any atom is 0.258 e. The number of nitriles is 1. The van der Waals surface area contributed by atoms with Crippen molar-refractivity contribution >= 4 is 40.9 Å². The molecule has 7 nitrogen and oxygen atoms in total. The second-order valence-corrected chi connectivity index (χ2v) is 7.78. The van der Waals surface area contributed by atoms with Crippen molar-refractivity contribution in [3.05, 3.63) is 49.7 Å². The molecule has 1 fully saturated rings. The Morgan fingerprint density at radius 3 is 2.61 bits per heavy atom. The number of benzene rings is 1. The van der Waals surface area contributed by atoms with Crippen molar-refractivity contribution < 1.29 is 4.79 Å². The van der Waals surface area contributed by atoms with Gasteiger partial charge in [0.05, 0.1) is 11.6 Å². The highest BCUT2D eigenvalue weighted by atomic mass is 35.5. The van der Waals surface area contributed by atoms with E-state index >= 15 is 0 Å². The van der Waals surface area contributed by atoms with Gasteiger partial charge in [-0.3, -0.25) is 14.6 Å². The number of rotatable bonds is 2. The van der Waals surface area contributed by atoms with E-state index in [0.717, 1.165) is 32.4 Å². The summed E-state index contributed by atoms with van der Waals surface area (Å²) in [6, 6.07) is 6.78. The zero-order valence-corrected chi connectivity index (χ0v) is 16.3. The predicted molar refractivity (Wildman–Crippen MR) is 107 cm³/mol. The lowest BCUT2D eigenvalue weighted by Gasteiger charge is -2.31. The molecule has 144 valence electrons. The molecule has 0 radical (unpaired) electrons. The Balaban J connectivity index is 1.87. The van der Waals surface area contributed by atoms with E-state index in [1.807, 2.05) is 11.0 Å². The second-order valence-electron chi connectivity index (χ2n) is 6.94. The summed E-state index contributed by atoms with van der Waals surface area (Å²) in [5, 5.41) is 12.9. The Hall–Kier alpha value is -2.56. The number of hydrogen-bond donors (Lipinski definition) is 2. The predicted octanol–water partition coefficient (Wildman–Crippen LogP) is 3.29. The molecule has 2 atom stereocenters. The Labute approximate surface area is 171 Å². The molecular formula is C19H17Cl2N5O2. The fraction of sp³-hybridized carbons (Fsp3) is 0.368. The van der Waals surface area contributed by atoms with E-state index in [4.69, 9.17) is 23.2 Å². The van der Waals surface area contributed by atoms with Crippen LogP contribution in [0.25, 0.3) is 0 Å². The van der Waals surface area contributed by atoms with Crippen molar-refractivity contribution in [1.82, 2.24) is 9.97 Å². The van der Waals surface area contributed by atoms with Crippen LogP contribution in [-0.2, 0) is 4.79 Å². The highest BCUT2D eigenvalue weighted by Gasteiger charge is 2.41. The van der Waals surface area contributed by atoms with Crippen LogP contribution < -0.4 is 15.8 Å². The van der Waals surface area contributed by atoms with Crippen molar-refractivity contribution in [3.8, 4) is 6.07 Å². The average molecular weight is 418 g/mol. The van der Waals surface area contributed by atoms with Gasteiger partial charge in [0.1, 0.15) is 11.7 Å². The summed E-state index contributed by atoms with van der Waals surface area (Å²) < 4.78 is 0. The van der Waals surface area contributed by atoms with Gasteiger partial charge in [-0.25, -0.2) is 0 Å². The molecule has 0 aliphatic carbocycles. The molecule has 1 aromatic carbocycles. The van der Waals surface area contributed by atoms with Crippen molar-refractivity contribution in [2.75, 3.05) is 23.3 Å². The summed E-state index contributed by atoms with van der Waals surface area (Å²) in [6.07, 6.45) is 3.18. The molecule has 2 N–H and O–H groups in total. The monoisotopic (exact) mass is 417 g/mol. The Kier molecular flexibility index (Phi) is 5.00. The molecule has 2 aliphatic heterocycles. The molecule has 0 bridgehead atoms. The van der Waals surface area contributed by atoms with Crippen LogP contribution in [0.2, 0.25) is 10.0 Å². The maximum absolute atomic E-state index is 13.0. The van der Waals surface area contributed by atoms with Gasteiger partial charge in [-0.05, 0) is 37.0 Å². The van der Waals surface area contributed by atoms with Crippen LogP contribution in [0.5, 0.6) is 0 Å². The van der Waals surface area contributed by atoms with Crippen LogP contribution in [0.15, 0.2) is 23.0 Å². The zero-order valence-electron chi connectivity index (χ0n) is 14.8. The van der Waals surface area contributed by atoms with Crippen molar-refractivity contribution in [1.29, 1.82) is 5.26 Å². The minimum Gasteiger partial charge on any atom is -0.342 e. The largest absolute Gasteiger partial charge is 0.342 e. The fourth-order valence-corrected chi connectivity index (χ4v) is 4.37. The minimum absolute atomic E-state index is 0.178. The summed E-state index contributed by atoms with van der Waals surface area (Å²) in [6.45, 7) is 1.59. The number of carbonyl (C=O) groups excluding carboxylic acids is 1. The molecule has 1 amide bonds. The number of fused-ring (bicyclic) bond motifs is 1. The highest BCUT2D eigenvalue weighted by molar-refractivity contribution is 6.35. The molecule has 2 aliphatic rings. The van der Waals surface area contributed by atoms with Gasteiger partial charge in [-0.15, -0.1) is 0 Å². The molecule has 0 unspecified atom stereocenters. The van der Waals surface area contributed by atoms with Crippen molar-refractivity contribution in [3.63, 3.8) is 0 Å². The van der Waals surface area contributed by atoms with Gasteiger partial charge in [0.2, 0.25) is 11.9 Å². The fourth-order valence-electron chi connectivity index (χ4n) is 3.84. The topological polar surface area (TPSA) is 102 Å². The number of halogens is 2. The van der Waals surface area contributed by atoms with Gasteiger partial charge in [0.15, 0.2) is 0 Å². The van der Waals surface area contributed by atoms with Crippen LogP contribution in [0.3, 0.4) is 0 Å². The first-order valence-corrected chi connectivity index (χ1v) is 9.80. The lowest BCUT2D eigenvalue weighted by Crippen LogP contribution is -2.40. The lowest BCUT2D eigenvalue weighted by molar-refractivity contribution is -0.119. The van der Waals surface area contributed by atoms with E-state index in [1.165, 1.54) is 6.07 Å². The van der Waals surface area contributed by atoms with Gasteiger partial charge in [-0.2, -0.15) is 10.2 Å². The number of aromatic amines is 1. The number of nitrogens with one attached hydrogen (secondary N) is 2. The van der Waals surface area contributed by atoms with E-state index in [0.29, 0.717) is 16.5 Å². The summed E-state index contributed by atoms with van der Waals surface area (Å²) in [5.74, 6) is -1.83. The third-order valence-corrected chi connectivity index (χ3v) is 5.77. The minimum atomic E-state index is -1.10. The second kappa shape index (κ2) is 7.46. The van der Waals surface area contributed by atoms with E-state index in [1.54, 1.807) is 12.1 Å². The Bertz CT molecular complexity index is 1040. The summed E-state index contributed by atoms with van der Waals surface area (Å²) in [7, 11) is 0. The summed E-state index contributed by atoms with van der Waals surface area (Å²) in [4.78, 5) is 34.9. The smallest absolute Gasteiger partial charge is 0.258 e. The molecule has 2 aromatic rings. The number of aromatic nitrogens is 2. The van der Waals surface area contributed by atoms with Gasteiger partial charge in [-0.1, -0.05) is 29.3 Å². The summed E-state index contributed by atoms with van der Waals surface area (Å²) in [5.41, 5.74) is 0.338. The molecule has 0 saturated carbocycles. The molecule has 0 spiro atoms. The van der Waals surface area contributed by atoms with E-state index < -0.39 is 17.7 Å². The first-order chi connectivity index (χ1) is 13.5. The molecular weight excluding hydrogens is 401 g/mol. The van der Waals surface area contributed by atoms with Crippen LogP contribution in [0.4, 0.5) is 11.8 Å². The maximum atomic E-state index is 13.0. The summed E-state index contributed by atoms with van der Waals surface area (Å²) >= 11 is 12.3. The zero-order chi connectivity index (χ0) is 19.8. The average Bonchev–Trinajstić information content (AvgIpc) is 2.67. The molecule has 1 aromatic heterocycles.